The molecule has 2 aliphatic heterocycles. The first-order valence-corrected chi connectivity index (χ1v) is 11.7. The fourth-order valence-corrected chi connectivity index (χ4v) is 4.61. The number of piperazine rings is 1. The first-order chi connectivity index (χ1) is 15.7. The van der Waals surface area contributed by atoms with Crippen LogP contribution in [0, 0.1) is 13.8 Å². The van der Waals surface area contributed by atoms with Crippen LogP contribution >= 0.6 is 0 Å². The van der Waals surface area contributed by atoms with Crippen LogP contribution in [0.2, 0.25) is 0 Å². The van der Waals surface area contributed by atoms with Crippen molar-refractivity contribution in [2.24, 2.45) is 0 Å². The monoisotopic (exact) mass is 453 g/mol. The molecule has 0 radical (unpaired) electrons. The lowest BCUT2D eigenvalue weighted by atomic mass is 9.99. The van der Waals surface area contributed by atoms with Crippen LogP contribution in [-0.2, 0) is 11.2 Å². The van der Waals surface area contributed by atoms with Gasteiger partial charge in [-0.25, -0.2) is 0 Å². The standard InChI is InChI=1S/C26H35N3O4/c1-18-6-5-7-19(2)24(18)27-25(31)26(3,4)29-12-10-28(11-13-29)16-21(30)14-20-8-9-22-23(15-20)33-17-32-22/h5-9,15,21,30H,10-14,16-17H2,1-4H3,(H,27,31). The number of fused-ring (bicyclic) bond motifs is 1. The zero-order valence-corrected chi connectivity index (χ0v) is 20.1. The summed E-state index contributed by atoms with van der Waals surface area (Å²) in [5.74, 6) is 1.51. The predicted octanol–water partition coefficient (Wildman–Crippen LogP) is 2.97. The van der Waals surface area contributed by atoms with Crippen molar-refractivity contribution in [2.75, 3.05) is 44.8 Å². The molecule has 0 bridgehead atoms. The van der Waals surface area contributed by atoms with E-state index in [0.717, 1.165) is 60.1 Å². The summed E-state index contributed by atoms with van der Waals surface area (Å²) >= 11 is 0. The quantitative estimate of drug-likeness (QED) is 0.672. The van der Waals surface area contributed by atoms with Crippen molar-refractivity contribution in [3.8, 4) is 11.5 Å². The second-order valence-corrected chi connectivity index (χ2v) is 9.61. The summed E-state index contributed by atoms with van der Waals surface area (Å²) in [5, 5.41) is 13.8. The Kier molecular flexibility index (Phi) is 6.93. The van der Waals surface area contributed by atoms with Gasteiger partial charge in [0.25, 0.3) is 0 Å². The number of para-hydroxylation sites is 1. The van der Waals surface area contributed by atoms with Gasteiger partial charge in [-0.15, -0.1) is 0 Å². The summed E-state index contributed by atoms with van der Waals surface area (Å²) < 4.78 is 10.8. The van der Waals surface area contributed by atoms with Crippen molar-refractivity contribution < 1.29 is 19.4 Å². The Labute approximate surface area is 196 Å². The van der Waals surface area contributed by atoms with E-state index in [1.165, 1.54) is 0 Å². The molecule has 1 saturated heterocycles. The summed E-state index contributed by atoms with van der Waals surface area (Å²) in [6, 6.07) is 11.9. The summed E-state index contributed by atoms with van der Waals surface area (Å²) in [4.78, 5) is 17.7. The molecule has 1 unspecified atom stereocenters. The number of carbonyl (C=O) groups excluding carboxylic acids is 1. The van der Waals surface area contributed by atoms with Gasteiger partial charge in [-0.05, 0) is 62.9 Å². The number of β-amino-alcohol motifs (C(OH)–C–C–N with tert-alkyl or cyclic N) is 1. The number of aryl methyl sites for hydroxylation is 2. The maximum atomic E-state index is 13.2. The Hall–Kier alpha value is -2.61. The van der Waals surface area contributed by atoms with Crippen LogP contribution in [-0.4, -0.2) is 72.0 Å². The number of benzene rings is 2. The average molecular weight is 454 g/mol. The lowest BCUT2D eigenvalue weighted by Crippen LogP contribution is -2.59. The Balaban J connectivity index is 1.28. The average Bonchev–Trinajstić information content (AvgIpc) is 3.24. The molecule has 2 N–H and O–H groups in total. The molecule has 2 aromatic rings. The number of nitrogens with one attached hydrogen (secondary N) is 1. The van der Waals surface area contributed by atoms with Crippen molar-refractivity contribution >= 4 is 11.6 Å². The summed E-state index contributed by atoms with van der Waals surface area (Å²) in [6.07, 6.45) is 0.109. The first kappa shape index (κ1) is 23.5. The third-order valence-electron chi connectivity index (χ3n) is 6.82. The molecule has 0 aliphatic carbocycles. The Morgan fingerprint density at radius 3 is 2.42 bits per heavy atom. The molecule has 1 amide bonds. The Bertz CT molecular complexity index is 979. The summed E-state index contributed by atoms with van der Waals surface area (Å²) in [5.41, 5.74) is 3.46. The molecule has 2 heterocycles. The third-order valence-corrected chi connectivity index (χ3v) is 6.82. The molecular weight excluding hydrogens is 418 g/mol. The second kappa shape index (κ2) is 9.71. The van der Waals surface area contributed by atoms with Crippen LogP contribution in [0.4, 0.5) is 5.69 Å². The minimum Gasteiger partial charge on any atom is -0.454 e. The number of hydrogen-bond donors (Lipinski definition) is 2. The maximum Gasteiger partial charge on any atom is 0.244 e. The highest BCUT2D eigenvalue weighted by atomic mass is 16.7. The SMILES string of the molecule is Cc1cccc(C)c1NC(=O)C(C)(C)N1CCN(CC(O)Cc2ccc3c(c2)OCO3)CC1. The molecule has 2 aliphatic rings. The molecule has 4 rings (SSSR count). The highest BCUT2D eigenvalue weighted by Gasteiger charge is 2.37. The van der Waals surface area contributed by atoms with Crippen LogP contribution < -0.4 is 14.8 Å². The van der Waals surface area contributed by atoms with Crippen molar-refractivity contribution in [2.45, 2.75) is 45.8 Å². The van der Waals surface area contributed by atoms with Gasteiger partial charge in [-0.2, -0.15) is 0 Å². The number of aliphatic hydroxyl groups excluding tert-OH is 1. The van der Waals surface area contributed by atoms with Crippen molar-refractivity contribution in [1.29, 1.82) is 0 Å². The highest BCUT2D eigenvalue weighted by molar-refractivity contribution is 5.98. The molecule has 1 fully saturated rings. The first-order valence-electron chi connectivity index (χ1n) is 11.7. The molecule has 1 atom stereocenters. The minimum atomic E-state index is -0.619. The summed E-state index contributed by atoms with van der Waals surface area (Å²) in [6.45, 7) is 12.1. The molecule has 0 saturated carbocycles. The molecule has 7 heteroatoms. The largest absolute Gasteiger partial charge is 0.454 e. The molecular formula is C26H35N3O4. The van der Waals surface area contributed by atoms with Gasteiger partial charge in [0.2, 0.25) is 12.7 Å². The fourth-order valence-electron chi connectivity index (χ4n) is 4.61. The van der Waals surface area contributed by atoms with Gasteiger partial charge < -0.3 is 19.9 Å². The number of ether oxygens (including phenoxy) is 2. The zero-order valence-electron chi connectivity index (χ0n) is 20.1. The van der Waals surface area contributed by atoms with E-state index in [-0.39, 0.29) is 12.7 Å². The number of amides is 1. The van der Waals surface area contributed by atoms with Crippen molar-refractivity contribution in [1.82, 2.24) is 9.80 Å². The molecule has 7 nitrogen and oxygen atoms in total. The number of carbonyl (C=O) groups is 1. The number of rotatable bonds is 7. The topological polar surface area (TPSA) is 74.3 Å². The van der Waals surface area contributed by atoms with Crippen LogP contribution in [0.3, 0.4) is 0 Å². The van der Waals surface area contributed by atoms with E-state index in [4.69, 9.17) is 9.47 Å². The molecule has 178 valence electrons. The number of hydrogen-bond acceptors (Lipinski definition) is 6. The third kappa shape index (κ3) is 5.32. The van der Waals surface area contributed by atoms with Gasteiger partial charge in [0.1, 0.15) is 0 Å². The second-order valence-electron chi connectivity index (χ2n) is 9.61. The van der Waals surface area contributed by atoms with Gasteiger partial charge in [0, 0.05) is 38.4 Å². The van der Waals surface area contributed by atoms with E-state index in [0.29, 0.717) is 13.0 Å². The lowest BCUT2D eigenvalue weighted by Gasteiger charge is -2.43. The predicted molar refractivity (Wildman–Crippen MR) is 129 cm³/mol. The molecule has 0 spiro atoms. The van der Waals surface area contributed by atoms with Gasteiger partial charge in [-0.3, -0.25) is 14.6 Å². The number of nitrogens with zero attached hydrogens (tertiary/aromatic N) is 2. The van der Waals surface area contributed by atoms with E-state index in [1.54, 1.807) is 0 Å². The van der Waals surface area contributed by atoms with Gasteiger partial charge in [0.05, 0.1) is 11.6 Å². The maximum absolute atomic E-state index is 13.2. The van der Waals surface area contributed by atoms with Crippen LogP contribution in [0.15, 0.2) is 36.4 Å². The van der Waals surface area contributed by atoms with E-state index < -0.39 is 11.6 Å². The smallest absolute Gasteiger partial charge is 0.244 e. The van der Waals surface area contributed by atoms with E-state index in [1.807, 2.05) is 64.1 Å². The Morgan fingerprint density at radius 2 is 1.73 bits per heavy atom. The van der Waals surface area contributed by atoms with Crippen molar-refractivity contribution in [3.63, 3.8) is 0 Å². The normalized spacial score (nSPS) is 17.7. The highest BCUT2D eigenvalue weighted by Crippen LogP contribution is 2.33. The minimum absolute atomic E-state index is 0.0104. The van der Waals surface area contributed by atoms with Gasteiger partial charge in [-0.1, -0.05) is 24.3 Å². The summed E-state index contributed by atoms with van der Waals surface area (Å²) in [7, 11) is 0. The van der Waals surface area contributed by atoms with Crippen molar-refractivity contribution in [3.05, 3.63) is 53.1 Å². The molecule has 2 aromatic carbocycles. The van der Waals surface area contributed by atoms with E-state index in [9.17, 15) is 9.90 Å². The zero-order chi connectivity index (χ0) is 23.6. The van der Waals surface area contributed by atoms with E-state index in [2.05, 4.69) is 15.1 Å². The Morgan fingerprint density at radius 1 is 1.06 bits per heavy atom. The van der Waals surface area contributed by atoms with E-state index >= 15 is 0 Å². The van der Waals surface area contributed by atoms with Gasteiger partial charge in [0.15, 0.2) is 11.5 Å². The lowest BCUT2D eigenvalue weighted by molar-refractivity contribution is -0.127. The van der Waals surface area contributed by atoms with Crippen LogP contribution in [0.1, 0.15) is 30.5 Å². The number of aliphatic hydroxyl groups is 1. The molecule has 33 heavy (non-hydrogen) atoms. The van der Waals surface area contributed by atoms with Gasteiger partial charge >= 0.3 is 0 Å². The van der Waals surface area contributed by atoms with Crippen LogP contribution in [0.25, 0.3) is 0 Å². The molecule has 0 aromatic heterocycles. The number of anilines is 1. The van der Waals surface area contributed by atoms with Crippen LogP contribution in [0.5, 0.6) is 11.5 Å². The fraction of sp³-hybridized carbons (Fsp3) is 0.500.